The summed E-state index contributed by atoms with van der Waals surface area (Å²) in [6, 6.07) is 0. The lowest BCUT2D eigenvalue weighted by molar-refractivity contribution is 0.489. The molecule has 52 valence electrons. The molecule has 0 N–H and O–H groups in total. The first kappa shape index (κ1) is 7.11. The molecular weight excluding hydrogens is 108 g/mol. The van der Waals surface area contributed by atoms with Crippen LogP contribution in [0.25, 0.3) is 0 Å². The van der Waals surface area contributed by atoms with E-state index in [1.807, 2.05) is 5.92 Å². The highest BCUT2D eigenvalue weighted by Crippen LogP contribution is 2.33. The number of rotatable bonds is 4. The summed E-state index contributed by atoms with van der Waals surface area (Å²) in [5.74, 6) is 1.81. The standard InChI is InChI=1S/C9H16/c1-2-3-4-6-9-7-5-8-9/h1-8H2. The van der Waals surface area contributed by atoms with E-state index in [0.29, 0.717) is 0 Å². The first-order valence-corrected chi connectivity index (χ1v) is 4.06. The second kappa shape index (κ2) is 3.92. The lowest BCUT2D eigenvalue weighted by atomic mass is 9.82. The van der Waals surface area contributed by atoms with E-state index < -0.39 is 0 Å². The van der Waals surface area contributed by atoms with Gasteiger partial charge in [0.15, 0.2) is 0 Å². The van der Waals surface area contributed by atoms with Gasteiger partial charge in [-0.2, -0.15) is 0 Å². The third-order valence-electron chi connectivity index (χ3n) is 2.09. The molecule has 0 saturated heterocycles. The molecule has 1 aliphatic carbocycles. The van der Waals surface area contributed by atoms with Crippen molar-refractivity contribution in [2.45, 2.75) is 44.9 Å². The Morgan fingerprint density at radius 3 is 2.44 bits per heavy atom. The van der Waals surface area contributed by atoms with E-state index >= 15 is 0 Å². The highest BCUT2D eigenvalue weighted by molar-refractivity contribution is 4.97. The Hall–Kier alpha value is 0. The zero-order valence-electron chi connectivity index (χ0n) is 6.16. The van der Waals surface area contributed by atoms with Crippen molar-refractivity contribution in [3.8, 4) is 0 Å². The minimum atomic E-state index is 1.12. The Kier molecular flexibility index (Phi) is 3.10. The van der Waals surface area contributed by atoms with Crippen LogP contribution in [-0.2, 0) is 0 Å². The lowest BCUT2D eigenvalue weighted by Gasteiger charge is -2.24. The van der Waals surface area contributed by atoms with Crippen molar-refractivity contribution in [3.63, 3.8) is 0 Å². The minimum absolute atomic E-state index is 1.12. The van der Waals surface area contributed by atoms with Crippen molar-refractivity contribution in [1.29, 1.82) is 0 Å². The normalized spacial score (nSPS) is 19.7. The third-order valence-corrected chi connectivity index (χ3v) is 2.09. The van der Waals surface area contributed by atoms with Gasteiger partial charge in [0.25, 0.3) is 0 Å². The summed E-state index contributed by atoms with van der Waals surface area (Å²) < 4.78 is 0. The zero-order valence-corrected chi connectivity index (χ0v) is 6.16. The maximum absolute atomic E-state index is 3.82. The van der Waals surface area contributed by atoms with Crippen LogP contribution in [-0.4, -0.2) is 0 Å². The second-order valence-corrected chi connectivity index (χ2v) is 2.91. The van der Waals surface area contributed by atoms with Crippen LogP contribution in [0.5, 0.6) is 0 Å². The van der Waals surface area contributed by atoms with E-state index in [9.17, 15) is 0 Å². The predicted molar refractivity (Wildman–Crippen MR) is 40.9 cm³/mol. The molecule has 0 aromatic heterocycles. The summed E-state index contributed by atoms with van der Waals surface area (Å²) >= 11 is 0. The van der Waals surface area contributed by atoms with Gasteiger partial charge >= 0.3 is 0 Å². The average molecular weight is 124 g/mol. The monoisotopic (exact) mass is 124 g/mol. The Morgan fingerprint density at radius 1 is 1.22 bits per heavy atom. The van der Waals surface area contributed by atoms with Crippen LogP contribution in [0, 0.1) is 12.8 Å². The van der Waals surface area contributed by atoms with Crippen molar-refractivity contribution < 1.29 is 0 Å². The maximum atomic E-state index is 3.82. The minimum Gasteiger partial charge on any atom is -0.0533 e. The van der Waals surface area contributed by atoms with Crippen molar-refractivity contribution in [2.24, 2.45) is 0 Å². The second-order valence-electron chi connectivity index (χ2n) is 2.91. The molecule has 0 aliphatic heterocycles. The van der Waals surface area contributed by atoms with E-state index in [4.69, 9.17) is 0 Å². The first-order chi connectivity index (χ1) is 4.43. The van der Waals surface area contributed by atoms with E-state index in [0.717, 1.165) is 6.42 Å². The third kappa shape index (κ3) is 2.38. The molecular formula is C9H16. The molecule has 1 rings (SSSR count). The molecule has 0 unspecified atom stereocenters. The van der Waals surface area contributed by atoms with Crippen molar-refractivity contribution in [2.75, 3.05) is 0 Å². The fraction of sp³-hybridized carbons (Fsp3) is 0.778. The maximum Gasteiger partial charge on any atom is -0.0241 e. The summed E-state index contributed by atoms with van der Waals surface area (Å²) in [6.45, 7) is 3.82. The van der Waals surface area contributed by atoms with Gasteiger partial charge in [-0.15, -0.1) is 0 Å². The molecule has 0 heterocycles. The molecule has 1 aliphatic rings. The zero-order chi connectivity index (χ0) is 6.53. The van der Waals surface area contributed by atoms with Gasteiger partial charge in [-0.1, -0.05) is 32.6 Å². The number of hydrogen-bond acceptors (Lipinski definition) is 0. The van der Waals surface area contributed by atoms with E-state index in [2.05, 4.69) is 6.92 Å². The summed E-state index contributed by atoms with van der Waals surface area (Å²) in [4.78, 5) is 0. The van der Waals surface area contributed by atoms with Gasteiger partial charge in [-0.05, 0) is 25.2 Å². The Bertz CT molecular complexity index is 62.4. The van der Waals surface area contributed by atoms with Crippen LogP contribution in [0.1, 0.15) is 44.9 Å². The summed E-state index contributed by atoms with van der Waals surface area (Å²) in [7, 11) is 0. The van der Waals surface area contributed by atoms with Crippen LogP contribution < -0.4 is 0 Å². The largest absolute Gasteiger partial charge is 0.0533 e. The van der Waals surface area contributed by atoms with E-state index in [-0.39, 0.29) is 0 Å². The van der Waals surface area contributed by atoms with Gasteiger partial charge in [-0.3, -0.25) is 0 Å². The topological polar surface area (TPSA) is 0 Å². The van der Waals surface area contributed by atoms with Crippen LogP contribution >= 0.6 is 0 Å². The lowest BCUT2D eigenvalue weighted by Crippen LogP contribution is -2.07. The highest BCUT2D eigenvalue weighted by Gasteiger charge is 2.16. The quantitative estimate of drug-likeness (QED) is 0.505. The summed E-state index contributed by atoms with van der Waals surface area (Å²) in [6.07, 6.45) is 9.54. The highest BCUT2D eigenvalue weighted by atomic mass is 14.2. The molecule has 1 saturated carbocycles. The molecule has 2 radical (unpaired) electrons. The van der Waals surface area contributed by atoms with Gasteiger partial charge in [0.2, 0.25) is 0 Å². The molecule has 0 atom stereocenters. The SMILES string of the molecule is [CH2]CCCC[C]1CCC1. The van der Waals surface area contributed by atoms with Gasteiger partial charge in [0.05, 0.1) is 0 Å². The Balaban J connectivity index is 1.80. The van der Waals surface area contributed by atoms with Crippen molar-refractivity contribution in [1.82, 2.24) is 0 Å². The fourth-order valence-electron chi connectivity index (χ4n) is 1.23. The van der Waals surface area contributed by atoms with Crippen LogP contribution in [0.2, 0.25) is 0 Å². The van der Waals surface area contributed by atoms with Gasteiger partial charge in [0, 0.05) is 0 Å². The molecule has 1 fully saturated rings. The van der Waals surface area contributed by atoms with Crippen LogP contribution in [0.3, 0.4) is 0 Å². The van der Waals surface area contributed by atoms with Crippen LogP contribution in [0.4, 0.5) is 0 Å². The Morgan fingerprint density at radius 2 is 2.00 bits per heavy atom. The number of hydrogen-bond donors (Lipinski definition) is 0. The summed E-state index contributed by atoms with van der Waals surface area (Å²) in [5.41, 5.74) is 0. The molecule has 0 aromatic carbocycles. The molecule has 0 nitrogen and oxygen atoms in total. The predicted octanol–water partition coefficient (Wildman–Crippen LogP) is 3.14. The van der Waals surface area contributed by atoms with E-state index in [1.165, 1.54) is 38.5 Å². The van der Waals surface area contributed by atoms with Crippen molar-refractivity contribution >= 4 is 0 Å². The fourth-order valence-corrected chi connectivity index (χ4v) is 1.23. The Labute approximate surface area is 58.7 Å². The van der Waals surface area contributed by atoms with Gasteiger partial charge < -0.3 is 0 Å². The van der Waals surface area contributed by atoms with Crippen molar-refractivity contribution in [3.05, 3.63) is 12.8 Å². The smallest absolute Gasteiger partial charge is 0.0241 e. The summed E-state index contributed by atoms with van der Waals surface area (Å²) in [5, 5.41) is 0. The molecule has 0 heteroatoms. The molecule has 0 bridgehead atoms. The van der Waals surface area contributed by atoms with E-state index in [1.54, 1.807) is 0 Å². The van der Waals surface area contributed by atoms with Crippen LogP contribution in [0.15, 0.2) is 0 Å². The average Bonchev–Trinajstić information content (AvgIpc) is 1.76. The molecule has 0 spiro atoms. The molecule has 9 heavy (non-hydrogen) atoms. The number of unbranched alkanes of at least 4 members (excludes halogenated alkanes) is 2. The first-order valence-electron chi connectivity index (χ1n) is 4.06. The van der Waals surface area contributed by atoms with Gasteiger partial charge in [-0.25, -0.2) is 0 Å². The molecule has 0 amide bonds. The van der Waals surface area contributed by atoms with Gasteiger partial charge in [0.1, 0.15) is 0 Å². The molecule has 0 aromatic rings.